The number of nitrogens with zero attached hydrogens (tertiary/aromatic N) is 3. The van der Waals surface area contributed by atoms with Crippen molar-refractivity contribution < 1.29 is 9.22 Å². The molecule has 1 saturated heterocycles. The van der Waals surface area contributed by atoms with Gasteiger partial charge in [0, 0.05) is 23.2 Å². The topological polar surface area (TPSA) is 93.4 Å². The second kappa shape index (κ2) is 10.7. The highest BCUT2D eigenvalue weighted by Gasteiger charge is 2.39. The molecule has 1 amide bonds. The van der Waals surface area contributed by atoms with E-state index in [1.54, 1.807) is 17.7 Å². The van der Waals surface area contributed by atoms with Crippen molar-refractivity contribution >= 4 is 47.3 Å². The number of hydrogen-bond acceptors (Lipinski definition) is 7. The Bertz CT molecular complexity index is 1480. The zero-order valence-corrected chi connectivity index (χ0v) is 25.1. The van der Waals surface area contributed by atoms with Crippen molar-refractivity contribution in [2.75, 3.05) is 11.9 Å². The maximum atomic E-state index is 11.7. The van der Waals surface area contributed by atoms with Crippen LogP contribution in [0.2, 0.25) is 18.1 Å². The first-order chi connectivity index (χ1) is 18.5. The monoisotopic (exact) mass is 559 g/mol. The Morgan fingerprint density at radius 3 is 2.64 bits per heavy atom. The number of fused-ring (bicyclic) bond motifs is 1. The van der Waals surface area contributed by atoms with Crippen molar-refractivity contribution in [1.29, 1.82) is 0 Å². The van der Waals surface area contributed by atoms with Crippen LogP contribution in [-0.4, -0.2) is 41.7 Å². The van der Waals surface area contributed by atoms with E-state index >= 15 is 0 Å². The molecular formula is C30H37N5O2SSi. The van der Waals surface area contributed by atoms with Crippen molar-refractivity contribution in [3.8, 4) is 16.2 Å². The van der Waals surface area contributed by atoms with Gasteiger partial charge >= 0.3 is 0 Å². The lowest BCUT2D eigenvalue weighted by molar-refractivity contribution is -0.122. The Labute approximate surface area is 235 Å². The molecule has 5 rings (SSSR count). The van der Waals surface area contributed by atoms with Crippen molar-refractivity contribution in [2.45, 2.75) is 64.3 Å². The normalized spacial score (nSPS) is 16.5. The van der Waals surface area contributed by atoms with Gasteiger partial charge in [-0.05, 0) is 66.8 Å². The summed E-state index contributed by atoms with van der Waals surface area (Å²) in [6.45, 7) is 12.9. The van der Waals surface area contributed by atoms with Crippen LogP contribution in [-0.2, 0) is 11.3 Å². The zero-order valence-electron chi connectivity index (χ0n) is 23.3. The summed E-state index contributed by atoms with van der Waals surface area (Å²) < 4.78 is 7.51. The summed E-state index contributed by atoms with van der Waals surface area (Å²) in [5.41, 5.74) is 9.73. The number of rotatable bonds is 8. The standard InChI is InChI=1S/C30H37N5O2SSi/c1-30(2,3)39(4,5)37-23-9-6-8-22(16-23)34-29-27-24(32-19-33-29)17-26(38-27)21-13-11-20(12-14-21)18-35-15-7-10-25(35)28(31)36/h6,8-9,11-14,16-17,19,25H,7,10,15,18H2,1-5H3,(H2,31,36)(H,32,33,34). The Kier molecular flexibility index (Phi) is 7.50. The van der Waals surface area contributed by atoms with Crippen LogP contribution in [0.5, 0.6) is 5.75 Å². The molecule has 39 heavy (non-hydrogen) atoms. The summed E-state index contributed by atoms with van der Waals surface area (Å²) in [4.78, 5) is 24.1. The SMILES string of the molecule is CC(C)(C)[Si](C)(C)Oc1cccc(Nc2ncnc3cc(-c4ccc(CN5CCCC5C(N)=O)cc4)sc23)c1. The molecule has 0 aliphatic carbocycles. The number of carbonyl (C=O) groups excluding carboxylic acids is 1. The lowest BCUT2D eigenvalue weighted by atomic mass is 10.1. The molecule has 2 aromatic carbocycles. The molecule has 1 unspecified atom stereocenters. The van der Waals surface area contributed by atoms with Gasteiger partial charge in [0.1, 0.15) is 12.1 Å². The minimum Gasteiger partial charge on any atom is -0.543 e. The zero-order chi connectivity index (χ0) is 27.8. The number of nitrogens with two attached hydrogens (primary N) is 1. The summed E-state index contributed by atoms with van der Waals surface area (Å²) in [5, 5.41) is 3.62. The molecule has 0 radical (unpaired) electrons. The van der Waals surface area contributed by atoms with Crippen LogP contribution < -0.4 is 15.5 Å². The molecule has 3 heterocycles. The summed E-state index contributed by atoms with van der Waals surface area (Å²) in [5.74, 6) is 1.43. The minimum atomic E-state index is -1.94. The average molecular weight is 560 g/mol. The number of carbonyl (C=O) groups is 1. The number of likely N-dealkylation sites (tertiary alicyclic amines) is 1. The van der Waals surface area contributed by atoms with Gasteiger partial charge in [-0.1, -0.05) is 51.1 Å². The summed E-state index contributed by atoms with van der Waals surface area (Å²) >= 11 is 1.67. The van der Waals surface area contributed by atoms with Crippen molar-refractivity contribution in [1.82, 2.24) is 14.9 Å². The average Bonchev–Trinajstić information content (AvgIpc) is 3.52. The molecule has 0 spiro atoms. The van der Waals surface area contributed by atoms with Crippen molar-refractivity contribution in [2.24, 2.45) is 5.73 Å². The van der Waals surface area contributed by atoms with Gasteiger partial charge in [0.25, 0.3) is 0 Å². The molecule has 1 atom stereocenters. The molecule has 9 heteroatoms. The van der Waals surface area contributed by atoms with E-state index < -0.39 is 8.32 Å². The number of anilines is 2. The summed E-state index contributed by atoms with van der Waals surface area (Å²) in [6, 6.07) is 18.6. The van der Waals surface area contributed by atoms with E-state index in [2.05, 4.69) is 84.4 Å². The second-order valence-corrected chi connectivity index (χ2v) is 17.6. The molecule has 204 valence electrons. The Hall–Kier alpha value is -3.27. The smallest absolute Gasteiger partial charge is 0.250 e. The van der Waals surface area contributed by atoms with E-state index in [0.29, 0.717) is 0 Å². The number of hydrogen-bond donors (Lipinski definition) is 2. The fraction of sp³-hybridized carbons (Fsp3) is 0.367. The van der Waals surface area contributed by atoms with Gasteiger partial charge in [0.05, 0.1) is 16.3 Å². The van der Waals surface area contributed by atoms with E-state index in [0.717, 1.165) is 63.8 Å². The number of nitrogens with one attached hydrogen (secondary N) is 1. The second-order valence-electron chi connectivity index (χ2n) is 11.8. The molecular weight excluding hydrogens is 523 g/mol. The fourth-order valence-corrected chi connectivity index (χ4v) is 6.74. The number of amides is 1. The van der Waals surface area contributed by atoms with Crippen LogP contribution in [0.1, 0.15) is 39.2 Å². The number of aromatic nitrogens is 2. The Morgan fingerprint density at radius 1 is 1.15 bits per heavy atom. The van der Waals surface area contributed by atoms with Gasteiger partial charge in [0.2, 0.25) is 14.2 Å². The van der Waals surface area contributed by atoms with E-state index in [4.69, 9.17) is 10.2 Å². The van der Waals surface area contributed by atoms with Crippen LogP contribution in [0.25, 0.3) is 20.7 Å². The lowest BCUT2D eigenvalue weighted by Gasteiger charge is -2.36. The molecule has 2 aromatic heterocycles. The van der Waals surface area contributed by atoms with E-state index in [1.807, 2.05) is 24.3 Å². The van der Waals surface area contributed by atoms with E-state index in [1.165, 1.54) is 5.56 Å². The molecule has 3 N–H and O–H groups in total. The maximum absolute atomic E-state index is 11.7. The highest BCUT2D eigenvalue weighted by molar-refractivity contribution is 7.22. The predicted octanol–water partition coefficient (Wildman–Crippen LogP) is 6.94. The van der Waals surface area contributed by atoms with Gasteiger partial charge in [-0.15, -0.1) is 11.3 Å². The van der Waals surface area contributed by atoms with Crippen LogP contribution in [0.4, 0.5) is 11.5 Å². The van der Waals surface area contributed by atoms with Crippen molar-refractivity contribution in [3.63, 3.8) is 0 Å². The molecule has 4 aromatic rings. The Morgan fingerprint density at radius 2 is 1.92 bits per heavy atom. The predicted molar refractivity (Wildman–Crippen MR) is 163 cm³/mol. The quantitative estimate of drug-likeness (QED) is 0.227. The highest BCUT2D eigenvalue weighted by atomic mass is 32.1. The number of primary amides is 1. The number of benzene rings is 2. The summed E-state index contributed by atoms with van der Waals surface area (Å²) in [6.07, 6.45) is 3.46. The minimum absolute atomic E-state index is 0.126. The van der Waals surface area contributed by atoms with Gasteiger partial charge in [-0.2, -0.15) is 0 Å². The third-order valence-electron chi connectivity index (χ3n) is 7.90. The first kappa shape index (κ1) is 27.3. The van der Waals surface area contributed by atoms with Gasteiger partial charge in [-0.25, -0.2) is 9.97 Å². The molecule has 1 fully saturated rings. The maximum Gasteiger partial charge on any atom is 0.250 e. The largest absolute Gasteiger partial charge is 0.543 e. The van der Waals surface area contributed by atoms with Gasteiger partial charge < -0.3 is 15.5 Å². The number of thiophene rings is 1. The fourth-order valence-electron chi connectivity index (χ4n) is 4.65. The van der Waals surface area contributed by atoms with Crippen LogP contribution in [0.3, 0.4) is 0 Å². The molecule has 0 saturated carbocycles. The van der Waals surface area contributed by atoms with Crippen LogP contribution in [0, 0.1) is 0 Å². The van der Waals surface area contributed by atoms with Gasteiger partial charge in [-0.3, -0.25) is 9.69 Å². The first-order valence-electron chi connectivity index (χ1n) is 13.4. The molecule has 7 nitrogen and oxygen atoms in total. The molecule has 0 bridgehead atoms. The first-order valence-corrected chi connectivity index (χ1v) is 17.2. The summed E-state index contributed by atoms with van der Waals surface area (Å²) in [7, 11) is -1.94. The molecule has 1 aliphatic rings. The third-order valence-corrected chi connectivity index (χ3v) is 13.4. The van der Waals surface area contributed by atoms with E-state index in [-0.39, 0.29) is 17.0 Å². The van der Waals surface area contributed by atoms with Gasteiger partial charge in [0.15, 0.2) is 5.82 Å². The Balaban J connectivity index is 1.34. The van der Waals surface area contributed by atoms with E-state index in [9.17, 15) is 4.79 Å². The molecule has 1 aliphatic heterocycles. The highest BCUT2D eigenvalue weighted by Crippen LogP contribution is 2.39. The van der Waals surface area contributed by atoms with Crippen molar-refractivity contribution in [3.05, 3.63) is 66.5 Å². The van der Waals surface area contributed by atoms with Crippen LogP contribution in [0.15, 0.2) is 60.9 Å². The lowest BCUT2D eigenvalue weighted by Crippen LogP contribution is -2.43. The third kappa shape index (κ3) is 6.00. The van der Waals surface area contributed by atoms with Crippen LogP contribution >= 0.6 is 11.3 Å².